The first-order valence-corrected chi connectivity index (χ1v) is 9.55. The monoisotopic (exact) mass is 316 g/mol. The highest BCUT2D eigenvalue weighted by atomic mass is 35.5. The molecule has 1 rings (SSSR count). The summed E-state index contributed by atoms with van der Waals surface area (Å²) in [5.74, 6) is 0.692. The largest absolute Gasteiger partial charge is 0.537 e. The molecule has 20 heavy (non-hydrogen) atoms. The summed E-state index contributed by atoms with van der Waals surface area (Å²) in [5.41, 5.74) is 1.28. The minimum atomic E-state index is -2.75. The molecule has 114 valence electrons. The van der Waals surface area contributed by atoms with E-state index in [-0.39, 0.29) is 0 Å². The summed E-state index contributed by atoms with van der Waals surface area (Å²) in [5, 5.41) is 1.03. The highest BCUT2D eigenvalue weighted by molar-refractivity contribution is 6.75. The smallest absolute Gasteiger partial charge is 0.370 e. The molecule has 1 aromatic carbocycles. The number of hydrogen-bond acceptors (Lipinski definition) is 3. The van der Waals surface area contributed by atoms with Crippen LogP contribution in [0.5, 0.6) is 0 Å². The number of hydrogen-bond donors (Lipinski definition) is 0. The SMILES string of the molecule is CCO[Si](OCC)(OCC)c1ccc(CCCCl)cc1. The fourth-order valence-corrected chi connectivity index (χ4v) is 4.69. The minimum absolute atomic E-state index is 0.584. The van der Waals surface area contributed by atoms with Gasteiger partial charge in [0, 0.05) is 30.9 Å². The molecular weight excluding hydrogens is 292 g/mol. The molecule has 0 saturated heterocycles. The molecule has 0 N–H and O–H groups in total. The number of halogens is 1. The van der Waals surface area contributed by atoms with Gasteiger partial charge >= 0.3 is 8.80 Å². The summed E-state index contributed by atoms with van der Waals surface area (Å²) in [6.45, 7) is 7.65. The number of aryl methyl sites for hydroxylation is 1. The van der Waals surface area contributed by atoms with Crippen molar-refractivity contribution in [3.63, 3.8) is 0 Å². The molecule has 0 aromatic heterocycles. The van der Waals surface area contributed by atoms with Crippen molar-refractivity contribution in [1.29, 1.82) is 0 Å². The van der Waals surface area contributed by atoms with Crippen molar-refractivity contribution in [3.05, 3.63) is 29.8 Å². The van der Waals surface area contributed by atoms with Crippen LogP contribution < -0.4 is 5.19 Å². The Kier molecular flexibility index (Phi) is 8.41. The van der Waals surface area contributed by atoms with Crippen molar-refractivity contribution in [2.24, 2.45) is 0 Å². The van der Waals surface area contributed by atoms with Crippen LogP contribution in [-0.2, 0) is 19.7 Å². The second kappa shape index (κ2) is 9.53. The molecule has 0 aliphatic heterocycles. The Balaban J connectivity index is 2.94. The van der Waals surface area contributed by atoms with Gasteiger partial charge in [-0.2, -0.15) is 0 Å². The van der Waals surface area contributed by atoms with E-state index in [4.69, 9.17) is 24.9 Å². The van der Waals surface area contributed by atoms with Gasteiger partial charge in [-0.25, -0.2) is 0 Å². The molecular formula is C15H25ClO3Si. The van der Waals surface area contributed by atoms with Crippen LogP contribution in [0.15, 0.2) is 24.3 Å². The number of benzene rings is 1. The summed E-state index contributed by atoms with van der Waals surface area (Å²) >= 11 is 5.73. The van der Waals surface area contributed by atoms with Gasteiger partial charge in [0.1, 0.15) is 0 Å². The molecule has 3 nitrogen and oxygen atoms in total. The molecule has 0 atom stereocenters. The Morgan fingerprint density at radius 3 is 1.80 bits per heavy atom. The molecule has 0 heterocycles. The molecule has 0 amide bonds. The van der Waals surface area contributed by atoms with Gasteiger partial charge in [-0.05, 0) is 39.2 Å². The summed E-state index contributed by atoms with van der Waals surface area (Å²) in [6, 6.07) is 8.36. The first kappa shape index (κ1) is 17.7. The lowest BCUT2D eigenvalue weighted by Gasteiger charge is -2.28. The van der Waals surface area contributed by atoms with Crippen LogP contribution in [0.2, 0.25) is 0 Å². The van der Waals surface area contributed by atoms with Crippen LogP contribution >= 0.6 is 11.6 Å². The third-order valence-electron chi connectivity index (χ3n) is 2.91. The first-order valence-electron chi connectivity index (χ1n) is 7.29. The first-order chi connectivity index (χ1) is 9.72. The normalized spacial score (nSPS) is 11.8. The zero-order valence-corrected chi connectivity index (χ0v) is 14.4. The molecule has 0 unspecified atom stereocenters. The standard InChI is InChI=1S/C15H25ClO3Si/c1-4-17-20(18-5-2,19-6-3)15-11-9-14(10-12-15)8-7-13-16/h9-12H,4-8,13H2,1-3H3. The summed E-state index contributed by atoms with van der Waals surface area (Å²) in [6.07, 6.45) is 1.99. The van der Waals surface area contributed by atoms with E-state index in [0.717, 1.165) is 18.0 Å². The molecule has 0 spiro atoms. The molecule has 0 aliphatic rings. The zero-order valence-electron chi connectivity index (χ0n) is 12.7. The molecule has 0 radical (unpaired) electrons. The van der Waals surface area contributed by atoms with E-state index in [0.29, 0.717) is 25.7 Å². The fraction of sp³-hybridized carbons (Fsp3) is 0.600. The van der Waals surface area contributed by atoms with Crippen molar-refractivity contribution in [2.75, 3.05) is 25.7 Å². The maximum absolute atomic E-state index is 5.89. The van der Waals surface area contributed by atoms with E-state index in [1.54, 1.807) is 0 Å². The molecule has 0 fully saturated rings. The van der Waals surface area contributed by atoms with Crippen LogP contribution in [0.25, 0.3) is 0 Å². The summed E-state index contributed by atoms with van der Waals surface area (Å²) in [7, 11) is -2.75. The average Bonchev–Trinajstić information content (AvgIpc) is 2.46. The van der Waals surface area contributed by atoms with E-state index in [1.165, 1.54) is 5.56 Å². The van der Waals surface area contributed by atoms with Gasteiger partial charge in [0.15, 0.2) is 0 Å². The van der Waals surface area contributed by atoms with Crippen molar-refractivity contribution >= 4 is 25.6 Å². The van der Waals surface area contributed by atoms with Crippen LogP contribution in [0.3, 0.4) is 0 Å². The van der Waals surface area contributed by atoms with Gasteiger partial charge in [0.25, 0.3) is 0 Å². The number of alkyl halides is 1. The maximum Gasteiger partial charge on any atom is 0.537 e. The Bertz CT molecular complexity index is 353. The van der Waals surface area contributed by atoms with Crippen molar-refractivity contribution in [1.82, 2.24) is 0 Å². The highest BCUT2D eigenvalue weighted by Gasteiger charge is 2.42. The third-order valence-corrected chi connectivity index (χ3v) is 6.22. The lowest BCUT2D eigenvalue weighted by Crippen LogP contribution is -2.56. The molecule has 0 saturated carbocycles. The van der Waals surface area contributed by atoms with Gasteiger partial charge in [0.05, 0.1) is 0 Å². The predicted molar refractivity (Wildman–Crippen MR) is 85.7 cm³/mol. The zero-order chi connectivity index (χ0) is 14.8. The summed E-state index contributed by atoms with van der Waals surface area (Å²) in [4.78, 5) is 0. The number of rotatable bonds is 10. The van der Waals surface area contributed by atoms with Crippen LogP contribution in [0.1, 0.15) is 32.8 Å². The molecule has 0 aliphatic carbocycles. The third kappa shape index (κ3) is 4.86. The molecule has 0 bridgehead atoms. The van der Waals surface area contributed by atoms with E-state index < -0.39 is 8.80 Å². The minimum Gasteiger partial charge on any atom is -0.370 e. The lowest BCUT2D eigenvalue weighted by molar-refractivity contribution is 0.0859. The Hall–Kier alpha value is -0.393. The van der Waals surface area contributed by atoms with E-state index in [1.807, 2.05) is 20.8 Å². The Morgan fingerprint density at radius 1 is 0.900 bits per heavy atom. The Morgan fingerprint density at radius 2 is 1.40 bits per heavy atom. The van der Waals surface area contributed by atoms with Crippen LogP contribution in [-0.4, -0.2) is 34.5 Å². The molecule has 5 heteroatoms. The van der Waals surface area contributed by atoms with Crippen molar-refractivity contribution < 1.29 is 13.3 Å². The van der Waals surface area contributed by atoms with E-state index >= 15 is 0 Å². The maximum atomic E-state index is 5.89. The van der Waals surface area contributed by atoms with Gasteiger partial charge in [-0.3, -0.25) is 0 Å². The van der Waals surface area contributed by atoms with Gasteiger partial charge in [-0.15, -0.1) is 11.6 Å². The predicted octanol–water partition coefficient (Wildman–Crippen LogP) is 3.11. The Labute approximate surface area is 128 Å². The fourth-order valence-electron chi connectivity index (χ4n) is 2.09. The van der Waals surface area contributed by atoms with Gasteiger partial charge in [0.2, 0.25) is 0 Å². The quantitative estimate of drug-likeness (QED) is 0.490. The van der Waals surface area contributed by atoms with E-state index in [2.05, 4.69) is 24.3 Å². The van der Waals surface area contributed by atoms with Crippen molar-refractivity contribution in [2.45, 2.75) is 33.6 Å². The van der Waals surface area contributed by atoms with Crippen LogP contribution in [0, 0.1) is 0 Å². The highest BCUT2D eigenvalue weighted by Crippen LogP contribution is 2.12. The van der Waals surface area contributed by atoms with Crippen LogP contribution in [0.4, 0.5) is 0 Å². The second-order valence-electron chi connectivity index (χ2n) is 4.34. The van der Waals surface area contributed by atoms with Gasteiger partial charge in [-0.1, -0.05) is 24.3 Å². The van der Waals surface area contributed by atoms with Gasteiger partial charge < -0.3 is 13.3 Å². The van der Waals surface area contributed by atoms with E-state index in [9.17, 15) is 0 Å². The second-order valence-corrected chi connectivity index (χ2v) is 7.28. The average molecular weight is 317 g/mol. The molecule has 1 aromatic rings. The lowest BCUT2D eigenvalue weighted by atomic mass is 10.1. The summed E-state index contributed by atoms with van der Waals surface area (Å²) < 4.78 is 17.7. The van der Waals surface area contributed by atoms with Crippen molar-refractivity contribution in [3.8, 4) is 0 Å². The topological polar surface area (TPSA) is 27.7 Å².